The number of carbonyl (C=O) groups excluding carboxylic acids is 1. The Morgan fingerprint density at radius 3 is 2.16 bits per heavy atom. The summed E-state index contributed by atoms with van der Waals surface area (Å²) in [5, 5.41) is 20.1. The van der Waals surface area contributed by atoms with E-state index in [9.17, 15) is 23.1 Å². The minimum absolute atomic E-state index is 0.00699. The van der Waals surface area contributed by atoms with E-state index in [1.54, 1.807) is 26.8 Å². The van der Waals surface area contributed by atoms with Gasteiger partial charge in [-0.2, -0.15) is 0 Å². The number of carboxylic acids is 1. The lowest BCUT2D eigenvalue weighted by Crippen LogP contribution is -2.44. The van der Waals surface area contributed by atoms with Crippen molar-refractivity contribution in [3.05, 3.63) is 82.4 Å². The van der Waals surface area contributed by atoms with Gasteiger partial charge < -0.3 is 25.6 Å². The zero-order valence-electron chi connectivity index (χ0n) is 24.5. The van der Waals surface area contributed by atoms with Gasteiger partial charge in [0.25, 0.3) is 10.0 Å². The minimum atomic E-state index is -4.25. The van der Waals surface area contributed by atoms with Crippen LogP contribution in [0.1, 0.15) is 46.6 Å². The number of ether oxygens (including phenoxy) is 2. The predicted octanol–water partition coefficient (Wildman–Crippen LogP) is 4.28. The van der Waals surface area contributed by atoms with Crippen LogP contribution in [0.5, 0.6) is 5.75 Å². The molecule has 5 N–H and O–H groups in total. The second-order valence-electron chi connectivity index (χ2n) is 10.4. The highest BCUT2D eigenvalue weighted by atomic mass is 32.2. The van der Waals surface area contributed by atoms with E-state index in [1.807, 2.05) is 48.5 Å². The summed E-state index contributed by atoms with van der Waals surface area (Å²) in [6.07, 6.45) is -1.03. The molecule has 1 aliphatic rings. The number of guanidine groups is 1. The molecule has 0 spiro atoms. The van der Waals surface area contributed by atoms with E-state index in [2.05, 4.69) is 5.32 Å². The van der Waals surface area contributed by atoms with E-state index in [-0.39, 0.29) is 36.8 Å². The van der Waals surface area contributed by atoms with Gasteiger partial charge in [-0.15, -0.1) is 0 Å². The molecule has 0 heterocycles. The van der Waals surface area contributed by atoms with Gasteiger partial charge in [-0.05, 0) is 78.6 Å². The van der Waals surface area contributed by atoms with Gasteiger partial charge in [0.1, 0.15) is 18.4 Å². The quantitative estimate of drug-likeness (QED) is 0.184. The summed E-state index contributed by atoms with van der Waals surface area (Å²) >= 11 is 0. The Kier molecular flexibility index (Phi) is 9.29. The molecule has 0 radical (unpaired) electrons. The van der Waals surface area contributed by atoms with Gasteiger partial charge in [0.2, 0.25) is 5.96 Å². The highest BCUT2D eigenvalue weighted by molar-refractivity contribution is 7.89. The number of hydrogen-bond donors (Lipinski definition) is 4. The van der Waals surface area contributed by atoms with Gasteiger partial charge >= 0.3 is 12.1 Å². The fourth-order valence-corrected chi connectivity index (χ4v) is 7.44. The molecule has 0 saturated heterocycles. The minimum Gasteiger partial charge on any atom is -0.496 e. The summed E-state index contributed by atoms with van der Waals surface area (Å²) in [7, 11) is -2.76. The van der Waals surface area contributed by atoms with Crippen LogP contribution < -0.4 is 15.8 Å². The summed E-state index contributed by atoms with van der Waals surface area (Å²) in [5.74, 6) is -1.66. The van der Waals surface area contributed by atoms with Crippen LogP contribution in [0.15, 0.2) is 59.5 Å². The van der Waals surface area contributed by atoms with E-state index in [0.717, 1.165) is 26.6 Å². The second-order valence-corrected chi connectivity index (χ2v) is 12.2. The van der Waals surface area contributed by atoms with Gasteiger partial charge in [-0.3, -0.25) is 5.41 Å². The fourth-order valence-electron chi connectivity index (χ4n) is 5.59. The maximum Gasteiger partial charge on any atom is 0.407 e. The summed E-state index contributed by atoms with van der Waals surface area (Å²) in [5.41, 5.74) is 11.4. The number of aliphatic carboxylic acids is 1. The van der Waals surface area contributed by atoms with Gasteiger partial charge in [0.15, 0.2) is 0 Å². The standard InChI is InChI=1S/C31H36N4O7S/c1-18-16-27(41-4)19(2)20(3)28(18)43(39,40)35(30(32)33)15-9-14-26(29(36)37)34-31(38)42-17-25-23-12-7-5-10-21(23)22-11-6-8-13-24(22)25/h5-8,10-13,16,25-26H,9,14-15,17H2,1-4H3,(H3,32,33)(H,34,38)(H,36,37)/t26-/m0/s1. The van der Waals surface area contributed by atoms with Crippen LogP contribution in [-0.2, 0) is 19.6 Å². The first-order valence-electron chi connectivity index (χ1n) is 13.7. The van der Waals surface area contributed by atoms with Crippen molar-refractivity contribution < 1.29 is 32.6 Å². The largest absolute Gasteiger partial charge is 0.496 e. The number of fused-ring (bicyclic) bond motifs is 3. The number of nitrogens with two attached hydrogens (primary N) is 1. The van der Waals surface area contributed by atoms with Crippen LogP contribution in [0.25, 0.3) is 11.1 Å². The molecule has 12 heteroatoms. The number of carbonyl (C=O) groups is 2. The number of carboxylic acid groups (broad SMARTS) is 1. The molecule has 3 aromatic rings. The van der Waals surface area contributed by atoms with Gasteiger partial charge in [0, 0.05) is 12.5 Å². The van der Waals surface area contributed by atoms with Crippen LogP contribution >= 0.6 is 0 Å². The van der Waals surface area contributed by atoms with Crippen molar-refractivity contribution in [1.29, 1.82) is 5.41 Å². The van der Waals surface area contributed by atoms with Crippen molar-refractivity contribution in [2.75, 3.05) is 20.3 Å². The van der Waals surface area contributed by atoms with E-state index >= 15 is 0 Å². The third-order valence-corrected chi connectivity index (χ3v) is 9.91. The fraction of sp³-hybridized carbons (Fsp3) is 0.323. The van der Waals surface area contributed by atoms with E-state index in [4.69, 9.17) is 20.6 Å². The van der Waals surface area contributed by atoms with E-state index in [1.165, 1.54) is 7.11 Å². The van der Waals surface area contributed by atoms with Crippen molar-refractivity contribution in [3.8, 4) is 16.9 Å². The summed E-state index contributed by atoms with van der Waals surface area (Å²) in [6.45, 7) is 4.76. The van der Waals surface area contributed by atoms with Crippen LogP contribution in [0.4, 0.5) is 4.79 Å². The number of sulfonamides is 1. The average Bonchev–Trinajstić information content (AvgIpc) is 3.28. The van der Waals surface area contributed by atoms with Crippen LogP contribution in [0.3, 0.4) is 0 Å². The lowest BCUT2D eigenvalue weighted by Gasteiger charge is -2.26. The smallest absolute Gasteiger partial charge is 0.407 e. The number of methoxy groups -OCH3 is 1. The lowest BCUT2D eigenvalue weighted by molar-refractivity contribution is -0.139. The Morgan fingerprint density at radius 2 is 1.63 bits per heavy atom. The van der Waals surface area contributed by atoms with E-state index < -0.39 is 34.1 Å². The maximum atomic E-state index is 13.6. The number of benzene rings is 3. The molecular weight excluding hydrogens is 572 g/mol. The molecule has 43 heavy (non-hydrogen) atoms. The number of alkyl carbamates (subject to hydrolysis) is 1. The Morgan fingerprint density at radius 1 is 1.05 bits per heavy atom. The molecule has 1 aliphatic carbocycles. The average molecular weight is 609 g/mol. The SMILES string of the molecule is COc1cc(C)c(S(=O)(=O)N(CCC[C@H](NC(=O)OCC2c3ccccc3-c3ccccc32)C(=O)O)C(=N)N)c(C)c1C. The molecule has 3 aromatic carbocycles. The Labute approximate surface area is 251 Å². The molecular formula is C31H36N4O7S. The monoisotopic (exact) mass is 608 g/mol. The predicted molar refractivity (Wildman–Crippen MR) is 162 cm³/mol. The number of amides is 1. The second kappa shape index (κ2) is 12.7. The normalized spacial score (nSPS) is 13.0. The first-order chi connectivity index (χ1) is 20.4. The summed E-state index contributed by atoms with van der Waals surface area (Å²) in [6, 6.07) is 16.0. The number of rotatable bonds is 11. The van der Waals surface area contributed by atoms with Crippen molar-refractivity contribution >= 4 is 28.0 Å². The Hall–Kier alpha value is -4.58. The Balaban J connectivity index is 1.41. The molecule has 0 unspecified atom stereocenters. The van der Waals surface area contributed by atoms with Crippen molar-refractivity contribution in [3.63, 3.8) is 0 Å². The number of nitrogens with one attached hydrogen (secondary N) is 2. The van der Waals surface area contributed by atoms with Crippen molar-refractivity contribution in [1.82, 2.24) is 9.62 Å². The molecule has 1 atom stereocenters. The van der Waals surface area contributed by atoms with Crippen molar-refractivity contribution in [2.45, 2.75) is 50.5 Å². The van der Waals surface area contributed by atoms with E-state index in [0.29, 0.717) is 22.4 Å². The molecule has 1 amide bonds. The zero-order chi connectivity index (χ0) is 31.5. The van der Waals surface area contributed by atoms with Crippen LogP contribution in [-0.4, -0.2) is 62.2 Å². The maximum absolute atomic E-state index is 13.6. The zero-order valence-corrected chi connectivity index (χ0v) is 25.3. The summed E-state index contributed by atoms with van der Waals surface area (Å²) in [4.78, 5) is 24.6. The topological polar surface area (TPSA) is 172 Å². The van der Waals surface area contributed by atoms with Crippen molar-refractivity contribution in [2.24, 2.45) is 5.73 Å². The molecule has 11 nitrogen and oxygen atoms in total. The van der Waals surface area contributed by atoms with Gasteiger partial charge in [-0.1, -0.05) is 48.5 Å². The highest BCUT2D eigenvalue weighted by Gasteiger charge is 2.32. The third-order valence-electron chi connectivity index (χ3n) is 7.80. The molecule has 0 saturated carbocycles. The first-order valence-corrected chi connectivity index (χ1v) is 15.2. The highest BCUT2D eigenvalue weighted by Crippen LogP contribution is 2.44. The lowest BCUT2D eigenvalue weighted by atomic mass is 9.98. The van der Waals surface area contributed by atoms with Gasteiger partial charge in [0.05, 0.1) is 12.0 Å². The third kappa shape index (κ3) is 6.29. The molecule has 0 aromatic heterocycles. The molecule has 0 aliphatic heterocycles. The number of nitrogens with zero attached hydrogens (tertiary/aromatic N) is 1. The number of hydrogen-bond acceptors (Lipinski definition) is 7. The molecule has 0 fully saturated rings. The Bertz CT molecular complexity index is 1630. The molecule has 4 rings (SSSR count). The summed E-state index contributed by atoms with van der Waals surface area (Å²) < 4.78 is 38.7. The molecule has 0 bridgehead atoms. The number of aryl methyl sites for hydroxylation is 1. The van der Waals surface area contributed by atoms with Crippen LogP contribution in [0, 0.1) is 26.2 Å². The first kappa shape index (κ1) is 31.4. The van der Waals surface area contributed by atoms with Gasteiger partial charge in [-0.25, -0.2) is 22.3 Å². The molecule has 228 valence electrons. The van der Waals surface area contributed by atoms with Crippen LogP contribution in [0.2, 0.25) is 0 Å².